The first-order valence-corrected chi connectivity index (χ1v) is 8.40. The van der Waals surface area contributed by atoms with Crippen molar-refractivity contribution in [3.05, 3.63) is 34.3 Å². The highest BCUT2D eigenvalue weighted by molar-refractivity contribution is 6.31. The number of fused-ring (bicyclic) bond motifs is 1. The summed E-state index contributed by atoms with van der Waals surface area (Å²) in [5.74, 6) is 0.193. The van der Waals surface area contributed by atoms with Gasteiger partial charge < -0.3 is 5.32 Å². The zero-order valence-electron chi connectivity index (χ0n) is 12.6. The summed E-state index contributed by atoms with van der Waals surface area (Å²) < 4.78 is 0. The Morgan fingerprint density at radius 3 is 3.10 bits per heavy atom. The number of benzene rings is 1. The number of nitrogens with one attached hydrogen (secondary N) is 1. The average molecular weight is 307 g/mol. The first-order chi connectivity index (χ1) is 10.2. The topological polar surface area (TPSA) is 32.3 Å². The summed E-state index contributed by atoms with van der Waals surface area (Å²) in [5.41, 5.74) is 2.41. The molecule has 1 aromatic carbocycles. The smallest absolute Gasteiger partial charge is 0.237 e. The van der Waals surface area contributed by atoms with Crippen LogP contribution >= 0.6 is 11.6 Å². The quantitative estimate of drug-likeness (QED) is 0.925. The fourth-order valence-electron chi connectivity index (χ4n) is 3.71. The molecule has 2 atom stereocenters. The number of carbonyl (C=O) groups is 1. The number of nitrogens with zero attached hydrogens (tertiary/aromatic N) is 1. The van der Waals surface area contributed by atoms with Gasteiger partial charge in [0.1, 0.15) is 0 Å². The van der Waals surface area contributed by atoms with Crippen LogP contribution in [0.3, 0.4) is 0 Å². The van der Waals surface area contributed by atoms with E-state index in [0.717, 1.165) is 50.2 Å². The van der Waals surface area contributed by atoms with Crippen molar-refractivity contribution >= 4 is 17.5 Å². The molecule has 1 aliphatic heterocycles. The van der Waals surface area contributed by atoms with Crippen LogP contribution in [0.4, 0.5) is 0 Å². The summed E-state index contributed by atoms with van der Waals surface area (Å²) in [6.45, 7) is 4.24. The van der Waals surface area contributed by atoms with Crippen molar-refractivity contribution < 1.29 is 4.79 Å². The third kappa shape index (κ3) is 2.95. The van der Waals surface area contributed by atoms with Crippen LogP contribution in [0.2, 0.25) is 5.02 Å². The number of carbonyl (C=O) groups excluding carboxylic acids is 1. The molecule has 0 spiro atoms. The fourth-order valence-corrected chi connectivity index (χ4v) is 3.98. The summed E-state index contributed by atoms with van der Waals surface area (Å²) in [6, 6.07) is 6.20. The minimum absolute atomic E-state index is 0.0631. The van der Waals surface area contributed by atoms with E-state index >= 15 is 0 Å². The van der Waals surface area contributed by atoms with Gasteiger partial charge in [0.15, 0.2) is 0 Å². The lowest BCUT2D eigenvalue weighted by atomic mass is 10.1. The van der Waals surface area contributed by atoms with Crippen molar-refractivity contribution in [1.29, 1.82) is 0 Å². The van der Waals surface area contributed by atoms with Crippen LogP contribution in [0.15, 0.2) is 18.2 Å². The monoisotopic (exact) mass is 306 g/mol. The third-order valence-corrected chi connectivity index (χ3v) is 5.06. The summed E-state index contributed by atoms with van der Waals surface area (Å²) >= 11 is 6.24. The van der Waals surface area contributed by atoms with Crippen LogP contribution in [-0.4, -0.2) is 29.9 Å². The highest BCUT2D eigenvalue weighted by Gasteiger charge is 2.33. The highest BCUT2D eigenvalue weighted by Crippen LogP contribution is 2.35. The maximum absolute atomic E-state index is 12.6. The molecule has 1 fully saturated rings. The zero-order valence-corrected chi connectivity index (χ0v) is 13.3. The molecule has 4 heteroatoms. The number of halogens is 1. The molecule has 3 nitrogen and oxygen atoms in total. The lowest BCUT2D eigenvalue weighted by Gasteiger charge is -2.25. The lowest BCUT2D eigenvalue weighted by Crippen LogP contribution is -2.44. The Labute approximate surface area is 131 Å². The first kappa shape index (κ1) is 14.9. The van der Waals surface area contributed by atoms with Crippen molar-refractivity contribution in [2.75, 3.05) is 13.1 Å². The van der Waals surface area contributed by atoms with E-state index in [-0.39, 0.29) is 18.0 Å². The van der Waals surface area contributed by atoms with Gasteiger partial charge in [-0.3, -0.25) is 9.69 Å². The van der Waals surface area contributed by atoms with Gasteiger partial charge in [0, 0.05) is 5.02 Å². The molecule has 0 radical (unpaired) electrons. The molecule has 1 saturated heterocycles. The minimum atomic E-state index is 0.0631. The third-order valence-electron chi connectivity index (χ3n) is 4.71. The SMILES string of the molecule is CCCN1CCCC1C(=O)NC1CCc2c(Cl)cccc21. The molecule has 1 aliphatic carbocycles. The maximum atomic E-state index is 12.6. The molecule has 114 valence electrons. The predicted molar refractivity (Wildman–Crippen MR) is 85.5 cm³/mol. The Hall–Kier alpha value is -1.06. The molecule has 2 unspecified atom stereocenters. The van der Waals surface area contributed by atoms with Crippen LogP contribution in [0.25, 0.3) is 0 Å². The van der Waals surface area contributed by atoms with E-state index in [9.17, 15) is 4.79 Å². The zero-order chi connectivity index (χ0) is 14.8. The molecule has 1 N–H and O–H groups in total. The summed E-state index contributed by atoms with van der Waals surface area (Å²) in [5, 5.41) is 4.08. The summed E-state index contributed by atoms with van der Waals surface area (Å²) in [6.07, 6.45) is 5.15. The molecule has 21 heavy (non-hydrogen) atoms. The van der Waals surface area contributed by atoms with Crippen LogP contribution in [0, 0.1) is 0 Å². The number of hydrogen-bond donors (Lipinski definition) is 1. The molecular formula is C17H23ClN2O. The number of hydrogen-bond acceptors (Lipinski definition) is 2. The van der Waals surface area contributed by atoms with E-state index in [0.29, 0.717) is 0 Å². The van der Waals surface area contributed by atoms with E-state index < -0.39 is 0 Å². The first-order valence-electron chi connectivity index (χ1n) is 8.02. The Balaban J connectivity index is 1.68. The largest absolute Gasteiger partial charge is 0.348 e. The Bertz CT molecular complexity index is 532. The van der Waals surface area contributed by atoms with E-state index in [1.165, 1.54) is 11.1 Å². The van der Waals surface area contributed by atoms with E-state index in [1.807, 2.05) is 12.1 Å². The van der Waals surface area contributed by atoms with E-state index in [2.05, 4.69) is 23.2 Å². The van der Waals surface area contributed by atoms with Gasteiger partial charge in [-0.1, -0.05) is 30.7 Å². The minimum Gasteiger partial charge on any atom is -0.348 e. The van der Waals surface area contributed by atoms with Gasteiger partial charge in [-0.05, 0) is 62.4 Å². The summed E-state index contributed by atoms with van der Waals surface area (Å²) in [7, 11) is 0. The molecule has 0 saturated carbocycles. The Morgan fingerprint density at radius 1 is 1.43 bits per heavy atom. The Morgan fingerprint density at radius 2 is 2.29 bits per heavy atom. The second-order valence-corrected chi connectivity index (χ2v) is 6.51. The molecule has 3 rings (SSSR count). The predicted octanol–water partition coefficient (Wildman–Crippen LogP) is 3.32. The number of amides is 1. The van der Waals surface area contributed by atoms with Gasteiger partial charge in [-0.15, -0.1) is 0 Å². The highest BCUT2D eigenvalue weighted by atomic mass is 35.5. The Kier molecular flexibility index (Phi) is 4.51. The lowest BCUT2D eigenvalue weighted by molar-refractivity contribution is -0.126. The van der Waals surface area contributed by atoms with Crippen LogP contribution in [0.5, 0.6) is 0 Å². The van der Waals surface area contributed by atoms with Gasteiger partial charge in [0.2, 0.25) is 5.91 Å². The van der Waals surface area contributed by atoms with Crippen LogP contribution in [-0.2, 0) is 11.2 Å². The second kappa shape index (κ2) is 6.37. The van der Waals surface area contributed by atoms with Gasteiger partial charge in [-0.2, -0.15) is 0 Å². The number of rotatable bonds is 4. The number of likely N-dealkylation sites (tertiary alicyclic amines) is 1. The van der Waals surface area contributed by atoms with E-state index in [4.69, 9.17) is 11.6 Å². The van der Waals surface area contributed by atoms with Crippen LogP contribution < -0.4 is 5.32 Å². The molecular weight excluding hydrogens is 284 g/mol. The van der Waals surface area contributed by atoms with Gasteiger partial charge >= 0.3 is 0 Å². The van der Waals surface area contributed by atoms with Crippen molar-refractivity contribution in [2.45, 2.75) is 51.1 Å². The second-order valence-electron chi connectivity index (χ2n) is 6.10. The molecule has 0 aromatic heterocycles. The van der Waals surface area contributed by atoms with E-state index in [1.54, 1.807) is 0 Å². The van der Waals surface area contributed by atoms with Crippen molar-refractivity contribution in [3.63, 3.8) is 0 Å². The van der Waals surface area contributed by atoms with Crippen molar-refractivity contribution in [1.82, 2.24) is 10.2 Å². The molecule has 1 amide bonds. The standard InChI is InChI=1S/C17H23ClN2O/c1-2-10-20-11-4-7-16(20)17(21)19-15-9-8-12-13(15)5-3-6-14(12)18/h3,5-6,15-16H,2,4,7-11H2,1H3,(H,19,21). The van der Waals surface area contributed by atoms with Gasteiger partial charge in [0.25, 0.3) is 0 Å². The molecule has 1 aromatic rings. The van der Waals surface area contributed by atoms with Gasteiger partial charge in [0.05, 0.1) is 12.1 Å². The fraction of sp³-hybridized carbons (Fsp3) is 0.588. The molecule has 0 bridgehead atoms. The average Bonchev–Trinajstić information content (AvgIpc) is 3.08. The molecule has 2 aliphatic rings. The van der Waals surface area contributed by atoms with Gasteiger partial charge in [-0.25, -0.2) is 0 Å². The van der Waals surface area contributed by atoms with Crippen molar-refractivity contribution in [3.8, 4) is 0 Å². The van der Waals surface area contributed by atoms with Crippen molar-refractivity contribution in [2.24, 2.45) is 0 Å². The summed E-state index contributed by atoms with van der Waals surface area (Å²) in [4.78, 5) is 14.9. The normalized spacial score (nSPS) is 25.0. The van der Waals surface area contributed by atoms with Crippen LogP contribution in [0.1, 0.15) is 49.8 Å². The maximum Gasteiger partial charge on any atom is 0.237 e. The molecule has 1 heterocycles.